The number of sulfonamides is 1. The summed E-state index contributed by atoms with van der Waals surface area (Å²) in [4.78, 5) is 12.7. The minimum atomic E-state index is -3.61. The average Bonchev–Trinajstić information content (AvgIpc) is 2.77. The first kappa shape index (κ1) is 21.1. The van der Waals surface area contributed by atoms with Crippen LogP contribution in [-0.4, -0.2) is 14.3 Å². The van der Waals surface area contributed by atoms with E-state index in [1.165, 1.54) is 5.56 Å². The number of anilines is 1. The van der Waals surface area contributed by atoms with Crippen molar-refractivity contribution >= 4 is 21.6 Å². The van der Waals surface area contributed by atoms with Crippen molar-refractivity contribution < 1.29 is 13.2 Å². The number of benzene rings is 3. The fourth-order valence-electron chi connectivity index (χ4n) is 3.51. The Morgan fingerprint density at radius 2 is 1.65 bits per heavy atom. The summed E-state index contributed by atoms with van der Waals surface area (Å²) in [6, 6.07) is 21.9. The topological polar surface area (TPSA) is 87.3 Å². The van der Waals surface area contributed by atoms with Gasteiger partial charge in [0.1, 0.15) is 11.1 Å². The molecule has 3 aromatic rings. The Kier molecular flexibility index (Phi) is 5.80. The fraction of sp³-hybridized carbons (Fsp3) is 0.208. The van der Waals surface area contributed by atoms with Crippen LogP contribution in [-0.2, 0) is 16.6 Å². The molecule has 31 heavy (non-hydrogen) atoms. The van der Waals surface area contributed by atoms with Crippen molar-refractivity contribution in [2.24, 2.45) is 0 Å². The van der Waals surface area contributed by atoms with E-state index in [1.807, 2.05) is 12.1 Å². The molecule has 0 saturated heterocycles. The zero-order chi connectivity index (χ0) is 22.0. The molecule has 0 saturated carbocycles. The zero-order valence-electron chi connectivity index (χ0n) is 17.4. The zero-order valence-corrected chi connectivity index (χ0v) is 18.2. The lowest BCUT2D eigenvalue weighted by atomic mass is 10.0. The van der Waals surface area contributed by atoms with E-state index in [4.69, 9.17) is 0 Å². The summed E-state index contributed by atoms with van der Waals surface area (Å²) in [5, 5.41) is 6.11. The van der Waals surface area contributed by atoms with Crippen LogP contribution in [0.3, 0.4) is 0 Å². The van der Waals surface area contributed by atoms with Crippen LogP contribution >= 0.6 is 0 Å². The predicted octanol–water partition coefficient (Wildman–Crippen LogP) is 4.14. The van der Waals surface area contributed by atoms with E-state index in [-0.39, 0.29) is 10.8 Å². The van der Waals surface area contributed by atoms with E-state index in [2.05, 4.69) is 41.3 Å². The SMILES string of the molecule is CC(C)c1ccc(CNC(=O)c2ccc(C3Nc4ccccc4S(=O)(=O)N3)cc2)cc1. The number of nitrogens with one attached hydrogen (secondary N) is 3. The summed E-state index contributed by atoms with van der Waals surface area (Å²) in [7, 11) is -3.61. The van der Waals surface area contributed by atoms with Gasteiger partial charge in [-0.25, -0.2) is 8.42 Å². The summed E-state index contributed by atoms with van der Waals surface area (Å²) in [6.45, 7) is 4.74. The molecule has 6 nitrogen and oxygen atoms in total. The Bertz CT molecular complexity index is 1190. The average molecular weight is 436 g/mol. The van der Waals surface area contributed by atoms with Crippen molar-refractivity contribution in [2.45, 2.75) is 37.4 Å². The molecule has 160 valence electrons. The Morgan fingerprint density at radius 3 is 2.32 bits per heavy atom. The minimum Gasteiger partial charge on any atom is -0.364 e. The molecule has 3 N–H and O–H groups in total. The van der Waals surface area contributed by atoms with E-state index in [9.17, 15) is 13.2 Å². The molecule has 3 aromatic carbocycles. The van der Waals surface area contributed by atoms with Crippen LogP contribution in [0.5, 0.6) is 0 Å². The highest BCUT2D eigenvalue weighted by atomic mass is 32.2. The summed E-state index contributed by atoms with van der Waals surface area (Å²) in [5.74, 6) is 0.292. The fourth-order valence-corrected chi connectivity index (χ4v) is 4.81. The van der Waals surface area contributed by atoms with Crippen molar-refractivity contribution in [3.05, 3.63) is 95.1 Å². The van der Waals surface area contributed by atoms with Gasteiger partial charge < -0.3 is 10.6 Å². The van der Waals surface area contributed by atoms with Crippen molar-refractivity contribution in [2.75, 3.05) is 5.32 Å². The molecule has 1 unspecified atom stereocenters. The van der Waals surface area contributed by atoms with Crippen LogP contribution in [0, 0.1) is 0 Å². The minimum absolute atomic E-state index is 0.179. The number of rotatable bonds is 5. The van der Waals surface area contributed by atoms with Gasteiger partial charge in [0.25, 0.3) is 5.91 Å². The maximum absolute atomic E-state index is 12.5. The van der Waals surface area contributed by atoms with Crippen LogP contribution in [0.15, 0.2) is 77.7 Å². The predicted molar refractivity (Wildman–Crippen MR) is 121 cm³/mol. The van der Waals surface area contributed by atoms with E-state index < -0.39 is 16.2 Å². The summed E-state index contributed by atoms with van der Waals surface area (Å²) < 4.78 is 27.6. The van der Waals surface area contributed by atoms with Gasteiger partial charge in [-0.3, -0.25) is 4.79 Å². The number of para-hydroxylation sites is 1. The number of fused-ring (bicyclic) bond motifs is 1. The smallest absolute Gasteiger partial charge is 0.251 e. The van der Waals surface area contributed by atoms with Crippen LogP contribution in [0.4, 0.5) is 5.69 Å². The lowest BCUT2D eigenvalue weighted by Gasteiger charge is -2.28. The Morgan fingerprint density at radius 1 is 0.968 bits per heavy atom. The third-order valence-corrected chi connectivity index (χ3v) is 6.84. The summed E-state index contributed by atoms with van der Waals surface area (Å²) in [5.41, 5.74) is 4.09. The quantitative estimate of drug-likeness (QED) is 0.562. The van der Waals surface area contributed by atoms with Gasteiger partial charge in [0.05, 0.1) is 5.69 Å². The third-order valence-electron chi connectivity index (χ3n) is 5.36. The molecule has 1 amide bonds. The molecule has 0 aromatic heterocycles. The van der Waals surface area contributed by atoms with Crippen LogP contribution in [0.2, 0.25) is 0 Å². The second-order valence-corrected chi connectivity index (χ2v) is 9.58. The highest BCUT2D eigenvalue weighted by Gasteiger charge is 2.29. The molecule has 1 atom stereocenters. The number of amides is 1. The maximum atomic E-state index is 12.5. The van der Waals surface area contributed by atoms with Gasteiger partial charge >= 0.3 is 0 Å². The van der Waals surface area contributed by atoms with Crippen molar-refractivity contribution in [3.63, 3.8) is 0 Å². The lowest BCUT2D eigenvalue weighted by molar-refractivity contribution is 0.0951. The van der Waals surface area contributed by atoms with Crippen LogP contribution in [0.25, 0.3) is 0 Å². The van der Waals surface area contributed by atoms with Gasteiger partial charge in [-0.15, -0.1) is 0 Å². The van der Waals surface area contributed by atoms with Crippen LogP contribution in [0.1, 0.15) is 53.0 Å². The molecule has 0 bridgehead atoms. The van der Waals surface area contributed by atoms with Gasteiger partial charge in [0.2, 0.25) is 10.0 Å². The number of carbonyl (C=O) groups excluding carboxylic acids is 1. The second kappa shape index (κ2) is 8.53. The van der Waals surface area contributed by atoms with Crippen molar-refractivity contribution in [1.82, 2.24) is 10.0 Å². The molecule has 4 rings (SSSR count). The molecule has 0 aliphatic carbocycles. The molecule has 7 heteroatoms. The molecule has 0 radical (unpaired) electrons. The van der Waals surface area contributed by atoms with Gasteiger partial charge in [0, 0.05) is 12.1 Å². The summed E-state index contributed by atoms with van der Waals surface area (Å²) in [6.07, 6.45) is -0.600. The maximum Gasteiger partial charge on any atom is 0.251 e. The van der Waals surface area contributed by atoms with Crippen molar-refractivity contribution in [3.8, 4) is 0 Å². The normalized spacial score (nSPS) is 16.9. The largest absolute Gasteiger partial charge is 0.364 e. The third kappa shape index (κ3) is 4.62. The van der Waals surface area contributed by atoms with Gasteiger partial charge in [-0.1, -0.05) is 62.4 Å². The lowest BCUT2D eigenvalue weighted by Crippen LogP contribution is -2.38. The molecular formula is C24H25N3O3S. The highest BCUT2D eigenvalue weighted by molar-refractivity contribution is 7.89. The van der Waals surface area contributed by atoms with E-state index in [0.29, 0.717) is 23.7 Å². The number of hydrogen-bond acceptors (Lipinski definition) is 4. The molecule has 1 heterocycles. The summed E-state index contributed by atoms with van der Waals surface area (Å²) >= 11 is 0. The number of carbonyl (C=O) groups is 1. The first-order chi connectivity index (χ1) is 14.8. The monoisotopic (exact) mass is 435 g/mol. The molecule has 1 aliphatic rings. The Balaban J connectivity index is 1.42. The Labute approximate surface area is 182 Å². The first-order valence-corrected chi connectivity index (χ1v) is 11.7. The molecular weight excluding hydrogens is 410 g/mol. The standard InChI is InChI=1S/C24H25N3O3S/c1-16(2)18-9-7-17(8-10-18)15-25-24(28)20-13-11-19(12-14-20)23-26-21-5-3-4-6-22(21)31(29,30)27-23/h3-14,16,23,26-27H,15H2,1-2H3,(H,25,28). The first-order valence-electron chi connectivity index (χ1n) is 10.2. The second-order valence-electron chi connectivity index (χ2n) is 7.90. The van der Waals surface area contributed by atoms with Crippen LogP contribution < -0.4 is 15.4 Å². The highest BCUT2D eigenvalue weighted by Crippen LogP contribution is 2.30. The van der Waals surface area contributed by atoms with E-state index in [0.717, 1.165) is 11.1 Å². The van der Waals surface area contributed by atoms with Gasteiger partial charge in [-0.05, 0) is 46.9 Å². The number of hydrogen-bond donors (Lipinski definition) is 3. The van der Waals surface area contributed by atoms with Gasteiger partial charge in [-0.2, -0.15) is 4.72 Å². The molecule has 0 fully saturated rings. The Hall–Kier alpha value is -3.16. The molecule has 0 spiro atoms. The van der Waals surface area contributed by atoms with E-state index in [1.54, 1.807) is 48.5 Å². The molecule has 1 aliphatic heterocycles. The van der Waals surface area contributed by atoms with Crippen molar-refractivity contribution in [1.29, 1.82) is 0 Å². The van der Waals surface area contributed by atoms with Gasteiger partial charge in [0.15, 0.2) is 0 Å². The van der Waals surface area contributed by atoms with E-state index >= 15 is 0 Å².